The topological polar surface area (TPSA) is 73.4 Å². The van der Waals surface area contributed by atoms with E-state index in [1.165, 1.54) is 34.9 Å². The summed E-state index contributed by atoms with van der Waals surface area (Å²) < 4.78 is 58.7. The number of carbonyl (C=O) groups excluding carboxylic acids is 3. The van der Waals surface area contributed by atoms with Gasteiger partial charge in [-0.15, -0.1) is 0 Å². The van der Waals surface area contributed by atoms with Gasteiger partial charge >= 0.3 is 12.3 Å². The van der Waals surface area contributed by atoms with Crippen molar-refractivity contribution in [2.75, 3.05) is 33.7 Å². The average molecular weight is 579 g/mol. The van der Waals surface area contributed by atoms with Crippen LogP contribution < -0.4 is 0 Å². The minimum Gasteiger partial charge on any atom is -0.444 e. The predicted octanol–water partition coefficient (Wildman–Crippen LogP) is 4.40. The number of halogens is 4. The molecule has 8 nitrogen and oxygen atoms in total. The van der Waals surface area contributed by atoms with Gasteiger partial charge in [0.15, 0.2) is 0 Å². The van der Waals surface area contributed by atoms with E-state index in [1.54, 1.807) is 17.0 Å². The molecule has 4 rings (SSSR count). The zero-order valence-corrected chi connectivity index (χ0v) is 23.3. The van der Waals surface area contributed by atoms with E-state index in [-0.39, 0.29) is 50.0 Å². The van der Waals surface area contributed by atoms with E-state index in [9.17, 15) is 31.9 Å². The van der Waals surface area contributed by atoms with Gasteiger partial charge in [0.25, 0.3) is 0 Å². The summed E-state index contributed by atoms with van der Waals surface area (Å²) in [5.74, 6) is -0.918. The van der Waals surface area contributed by atoms with Crippen molar-refractivity contribution >= 4 is 17.9 Å². The van der Waals surface area contributed by atoms with Crippen LogP contribution in [0.4, 0.5) is 22.4 Å². The fourth-order valence-electron chi connectivity index (χ4n) is 5.36. The highest BCUT2D eigenvalue weighted by Crippen LogP contribution is 2.32. The molecule has 2 saturated heterocycles. The molecule has 2 aliphatic heterocycles. The molecular weight excluding hydrogens is 544 g/mol. The van der Waals surface area contributed by atoms with Crippen LogP contribution in [-0.4, -0.2) is 83.4 Å². The highest BCUT2D eigenvalue weighted by atomic mass is 19.4. The summed E-state index contributed by atoms with van der Waals surface area (Å²) in [6.07, 6.45) is -5.14. The summed E-state index contributed by atoms with van der Waals surface area (Å²) in [5.41, 5.74) is 0.426. The van der Waals surface area contributed by atoms with Gasteiger partial charge in [-0.3, -0.25) is 14.5 Å². The molecule has 0 unspecified atom stereocenters. The molecule has 0 spiro atoms. The van der Waals surface area contributed by atoms with Crippen LogP contribution in [0.1, 0.15) is 41.5 Å². The Hall–Kier alpha value is -3.67. The van der Waals surface area contributed by atoms with Crippen molar-refractivity contribution < 1.29 is 36.7 Å². The molecule has 0 radical (unpaired) electrons. The van der Waals surface area contributed by atoms with Gasteiger partial charge in [0.05, 0.1) is 12.1 Å². The van der Waals surface area contributed by atoms with Crippen LogP contribution >= 0.6 is 0 Å². The van der Waals surface area contributed by atoms with E-state index < -0.39 is 35.9 Å². The largest absolute Gasteiger partial charge is 0.444 e. The van der Waals surface area contributed by atoms with Gasteiger partial charge in [-0.25, -0.2) is 9.18 Å². The molecule has 2 fully saturated rings. The molecule has 2 heterocycles. The number of carbonyl (C=O) groups is 3. The van der Waals surface area contributed by atoms with Gasteiger partial charge in [-0.2, -0.15) is 13.2 Å². The Morgan fingerprint density at radius 2 is 1.78 bits per heavy atom. The molecule has 2 aromatic rings. The summed E-state index contributed by atoms with van der Waals surface area (Å²) in [6.45, 7) is 2.06. The molecule has 41 heavy (non-hydrogen) atoms. The Labute approximate surface area is 236 Å². The van der Waals surface area contributed by atoms with Gasteiger partial charge in [0.1, 0.15) is 24.6 Å². The number of benzene rings is 2. The maximum atomic E-state index is 13.6. The standard InChI is InChI=1S/C29H34F4N4O4/c1-19-13-21(15-22(14-19)29(31,32)33)18-41-28(40)36-12-10-26(38)37-24(5-4-11-34(2)3)27(39)35(17-25(36)37)16-20-6-8-23(30)9-7-20/h6-9,13-15,24-25H,4-5,10-12,16-18H2,1-3H3/t24-,25+/m0/s1. The lowest BCUT2D eigenvalue weighted by Crippen LogP contribution is -2.71. The first-order chi connectivity index (χ1) is 19.3. The quantitative estimate of drug-likeness (QED) is 0.435. The third-order valence-electron chi connectivity index (χ3n) is 7.28. The van der Waals surface area contributed by atoms with Gasteiger partial charge < -0.3 is 19.4 Å². The molecule has 0 aromatic heterocycles. The summed E-state index contributed by atoms with van der Waals surface area (Å²) >= 11 is 0. The minimum atomic E-state index is -4.54. The second-order valence-electron chi connectivity index (χ2n) is 10.8. The zero-order valence-electron chi connectivity index (χ0n) is 23.3. The summed E-state index contributed by atoms with van der Waals surface area (Å²) in [6, 6.07) is 8.42. The van der Waals surface area contributed by atoms with Crippen LogP contribution in [-0.2, 0) is 33.7 Å². The minimum absolute atomic E-state index is 0.0102. The summed E-state index contributed by atoms with van der Waals surface area (Å²) in [4.78, 5) is 46.4. The Bertz CT molecular complexity index is 1270. The Morgan fingerprint density at radius 3 is 2.44 bits per heavy atom. The van der Waals surface area contributed by atoms with Crippen molar-refractivity contribution in [2.45, 2.75) is 57.7 Å². The number of hydrogen-bond acceptors (Lipinski definition) is 5. The lowest BCUT2D eigenvalue weighted by Gasteiger charge is -2.52. The summed E-state index contributed by atoms with van der Waals surface area (Å²) in [5, 5.41) is 0. The number of rotatable bonds is 8. The second-order valence-corrected chi connectivity index (χ2v) is 10.8. The van der Waals surface area contributed by atoms with Crippen LogP contribution in [0.3, 0.4) is 0 Å². The molecule has 3 amide bonds. The number of alkyl halides is 3. The number of hydrogen-bond donors (Lipinski definition) is 0. The Balaban J connectivity index is 1.56. The Kier molecular flexibility index (Phi) is 9.21. The average Bonchev–Trinajstić information content (AvgIpc) is 2.89. The first-order valence-electron chi connectivity index (χ1n) is 13.4. The van der Waals surface area contributed by atoms with Crippen LogP contribution in [0, 0.1) is 12.7 Å². The molecular formula is C29H34F4N4O4. The van der Waals surface area contributed by atoms with E-state index in [1.807, 2.05) is 19.0 Å². The zero-order chi connectivity index (χ0) is 29.9. The van der Waals surface area contributed by atoms with Gasteiger partial charge in [-0.05, 0) is 75.8 Å². The molecule has 222 valence electrons. The smallest absolute Gasteiger partial charge is 0.416 e. The van der Waals surface area contributed by atoms with Gasteiger partial charge in [0.2, 0.25) is 11.8 Å². The SMILES string of the molecule is Cc1cc(COC(=O)N2CCC(=O)N3[C@@H]2CN(Cc2ccc(F)cc2)C(=O)[C@@H]3CCCN(C)C)cc(C(F)(F)F)c1. The van der Waals surface area contributed by atoms with E-state index in [2.05, 4.69) is 0 Å². The monoisotopic (exact) mass is 578 g/mol. The number of amides is 3. The molecule has 2 atom stereocenters. The second kappa shape index (κ2) is 12.5. The fraction of sp³-hybridized carbons (Fsp3) is 0.483. The van der Waals surface area contributed by atoms with Crippen molar-refractivity contribution in [2.24, 2.45) is 0 Å². The van der Waals surface area contributed by atoms with Gasteiger partial charge in [0, 0.05) is 19.5 Å². The van der Waals surface area contributed by atoms with Crippen LogP contribution in [0.25, 0.3) is 0 Å². The highest BCUT2D eigenvalue weighted by Gasteiger charge is 2.48. The third-order valence-corrected chi connectivity index (χ3v) is 7.28. The van der Waals surface area contributed by atoms with Crippen LogP contribution in [0.5, 0.6) is 0 Å². The molecule has 0 aliphatic carbocycles. The molecule has 2 aromatic carbocycles. The number of ether oxygens (including phenoxy) is 1. The third kappa shape index (κ3) is 7.35. The lowest BCUT2D eigenvalue weighted by atomic mass is 9.99. The first-order valence-corrected chi connectivity index (χ1v) is 13.4. The van der Waals surface area contributed by atoms with Crippen LogP contribution in [0.15, 0.2) is 42.5 Å². The normalized spacial score (nSPS) is 19.6. The number of piperazine rings is 1. The van der Waals surface area contributed by atoms with Crippen molar-refractivity contribution in [3.8, 4) is 0 Å². The first kappa shape index (κ1) is 30.3. The predicted molar refractivity (Wildman–Crippen MR) is 142 cm³/mol. The molecule has 0 N–H and O–H groups in total. The molecule has 12 heteroatoms. The fourth-order valence-corrected chi connectivity index (χ4v) is 5.36. The van der Waals surface area contributed by atoms with E-state index >= 15 is 0 Å². The van der Waals surface area contributed by atoms with Gasteiger partial charge in [-0.1, -0.05) is 23.8 Å². The maximum absolute atomic E-state index is 13.6. The Morgan fingerprint density at radius 1 is 1.07 bits per heavy atom. The summed E-state index contributed by atoms with van der Waals surface area (Å²) in [7, 11) is 3.81. The lowest BCUT2D eigenvalue weighted by molar-refractivity contribution is -0.169. The highest BCUT2D eigenvalue weighted by molar-refractivity contribution is 5.90. The number of fused-ring (bicyclic) bond motifs is 1. The van der Waals surface area contributed by atoms with Crippen molar-refractivity contribution in [3.05, 3.63) is 70.5 Å². The van der Waals surface area contributed by atoms with Crippen LogP contribution in [0.2, 0.25) is 0 Å². The van der Waals surface area contributed by atoms with Crippen molar-refractivity contribution in [1.82, 2.24) is 19.6 Å². The molecule has 0 saturated carbocycles. The maximum Gasteiger partial charge on any atom is 0.416 e. The van der Waals surface area contributed by atoms with E-state index in [0.717, 1.165) is 12.1 Å². The van der Waals surface area contributed by atoms with E-state index in [0.29, 0.717) is 30.5 Å². The molecule has 2 aliphatic rings. The number of aryl methyl sites for hydroxylation is 1. The molecule has 0 bridgehead atoms. The van der Waals surface area contributed by atoms with Crippen molar-refractivity contribution in [1.29, 1.82) is 0 Å². The van der Waals surface area contributed by atoms with Crippen molar-refractivity contribution in [3.63, 3.8) is 0 Å². The number of nitrogens with zero attached hydrogens (tertiary/aromatic N) is 4. The van der Waals surface area contributed by atoms with E-state index in [4.69, 9.17) is 4.74 Å².